The lowest BCUT2D eigenvalue weighted by Gasteiger charge is -2.10. The predicted octanol–water partition coefficient (Wildman–Crippen LogP) is 1.66. The van der Waals surface area contributed by atoms with Crippen LogP contribution in [-0.2, 0) is 0 Å². The summed E-state index contributed by atoms with van der Waals surface area (Å²) >= 11 is 0. The lowest BCUT2D eigenvalue weighted by Crippen LogP contribution is -2.14. The number of unbranched alkanes of at least 4 members (excludes halogenated alkanes) is 1. The van der Waals surface area contributed by atoms with Crippen molar-refractivity contribution in [3.63, 3.8) is 0 Å². The Morgan fingerprint density at radius 3 is 2.76 bits per heavy atom. The molecule has 1 rings (SSSR count). The number of aromatic nitrogens is 2. The second kappa shape index (κ2) is 7.84. The summed E-state index contributed by atoms with van der Waals surface area (Å²) in [5.74, 6) is 1.58. The Hall–Kier alpha value is -1.36. The summed E-state index contributed by atoms with van der Waals surface area (Å²) in [5.41, 5.74) is 0. The van der Waals surface area contributed by atoms with Crippen LogP contribution < -0.4 is 10.6 Å². The van der Waals surface area contributed by atoms with E-state index in [1.165, 1.54) is 6.42 Å². The van der Waals surface area contributed by atoms with Crippen LogP contribution in [0.1, 0.15) is 19.8 Å². The van der Waals surface area contributed by atoms with Gasteiger partial charge in [0, 0.05) is 19.3 Å². The van der Waals surface area contributed by atoms with Crippen molar-refractivity contribution in [1.29, 1.82) is 0 Å². The first-order chi connectivity index (χ1) is 8.22. The van der Waals surface area contributed by atoms with Crippen LogP contribution in [0, 0.1) is 0 Å². The van der Waals surface area contributed by atoms with Crippen molar-refractivity contribution < 1.29 is 0 Å². The monoisotopic (exact) mass is 237 g/mol. The third kappa shape index (κ3) is 6.06. The molecule has 2 N–H and O–H groups in total. The molecule has 1 aromatic heterocycles. The molecule has 5 heteroatoms. The molecule has 0 aliphatic carbocycles. The van der Waals surface area contributed by atoms with Crippen LogP contribution in [0.3, 0.4) is 0 Å². The second-order valence-corrected chi connectivity index (χ2v) is 4.23. The first kappa shape index (κ1) is 13.7. The van der Waals surface area contributed by atoms with Crippen molar-refractivity contribution in [1.82, 2.24) is 14.9 Å². The average molecular weight is 237 g/mol. The molecule has 0 saturated carbocycles. The fraction of sp³-hybridized carbons (Fsp3) is 0.667. The summed E-state index contributed by atoms with van der Waals surface area (Å²) in [6, 6.07) is 1.90. The minimum absolute atomic E-state index is 0.686. The number of hydrogen-bond acceptors (Lipinski definition) is 5. The van der Waals surface area contributed by atoms with Crippen LogP contribution in [0.25, 0.3) is 0 Å². The smallest absolute Gasteiger partial charge is 0.224 e. The Labute approximate surface area is 104 Å². The molecule has 0 amide bonds. The van der Waals surface area contributed by atoms with Gasteiger partial charge in [0.1, 0.15) is 5.82 Å². The zero-order chi connectivity index (χ0) is 12.5. The molecule has 0 atom stereocenters. The Balaban J connectivity index is 2.24. The topological polar surface area (TPSA) is 53.1 Å². The zero-order valence-electron chi connectivity index (χ0n) is 11.0. The van der Waals surface area contributed by atoms with Gasteiger partial charge in [-0.05, 0) is 46.5 Å². The molecule has 1 aromatic rings. The molecular weight excluding hydrogens is 214 g/mol. The number of nitrogens with one attached hydrogen (secondary N) is 2. The van der Waals surface area contributed by atoms with Gasteiger partial charge in [-0.15, -0.1) is 0 Å². The SMILES string of the molecule is CCNc1nccc(NCCCCN(C)C)n1. The molecule has 0 aliphatic heterocycles. The molecular formula is C12H23N5. The van der Waals surface area contributed by atoms with E-state index in [0.717, 1.165) is 31.9 Å². The Morgan fingerprint density at radius 1 is 1.24 bits per heavy atom. The van der Waals surface area contributed by atoms with E-state index in [9.17, 15) is 0 Å². The maximum atomic E-state index is 4.35. The molecule has 0 unspecified atom stereocenters. The Bertz CT molecular complexity index is 314. The van der Waals surface area contributed by atoms with Crippen LogP contribution in [0.5, 0.6) is 0 Å². The van der Waals surface area contributed by atoms with Gasteiger partial charge in [-0.1, -0.05) is 0 Å². The van der Waals surface area contributed by atoms with E-state index in [-0.39, 0.29) is 0 Å². The zero-order valence-corrected chi connectivity index (χ0v) is 11.0. The number of rotatable bonds is 8. The highest BCUT2D eigenvalue weighted by molar-refractivity contribution is 5.39. The average Bonchev–Trinajstić information content (AvgIpc) is 2.29. The van der Waals surface area contributed by atoms with E-state index in [2.05, 4.69) is 39.6 Å². The van der Waals surface area contributed by atoms with E-state index >= 15 is 0 Å². The minimum atomic E-state index is 0.686. The van der Waals surface area contributed by atoms with Crippen molar-refractivity contribution in [3.8, 4) is 0 Å². The largest absolute Gasteiger partial charge is 0.370 e. The van der Waals surface area contributed by atoms with Crippen molar-refractivity contribution in [2.45, 2.75) is 19.8 Å². The maximum Gasteiger partial charge on any atom is 0.224 e. The predicted molar refractivity (Wildman–Crippen MR) is 72.5 cm³/mol. The molecule has 5 nitrogen and oxygen atoms in total. The molecule has 1 heterocycles. The highest BCUT2D eigenvalue weighted by Gasteiger charge is 1.97. The fourth-order valence-corrected chi connectivity index (χ4v) is 1.47. The first-order valence-electron chi connectivity index (χ1n) is 6.18. The summed E-state index contributed by atoms with van der Waals surface area (Å²) in [4.78, 5) is 10.7. The fourth-order valence-electron chi connectivity index (χ4n) is 1.47. The molecule has 96 valence electrons. The summed E-state index contributed by atoms with van der Waals surface area (Å²) < 4.78 is 0. The van der Waals surface area contributed by atoms with Gasteiger partial charge < -0.3 is 15.5 Å². The molecule has 0 saturated heterocycles. The third-order valence-electron chi connectivity index (χ3n) is 2.33. The molecule has 17 heavy (non-hydrogen) atoms. The minimum Gasteiger partial charge on any atom is -0.370 e. The first-order valence-corrected chi connectivity index (χ1v) is 6.18. The van der Waals surface area contributed by atoms with Gasteiger partial charge in [-0.2, -0.15) is 4.98 Å². The molecule has 0 bridgehead atoms. The summed E-state index contributed by atoms with van der Waals surface area (Å²) in [5, 5.41) is 6.40. The molecule has 0 aromatic carbocycles. The Morgan fingerprint density at radius 2 is 2.06 bits per heavy atom. The summed E-state index contributed by atoms with van der Waals surface area (Å²) in [6.45, 7) is 4.96. The highest BCUT2D eigenvalue weighted by Crippen LogP contribution is 2.05. The van der Waals surface area contributed by atoms with Crippen LogP contribution in [-0.4, -0.2) is 48.6 Å². The lowest BCUT2D eigenvalue weighted by molar-refractivity contribution is 0.396. The van der Waals surface area contributed by atoms with E-state index in [0.29, 0.717) is 5.95 Å². The molecule has 0 fully saturated rings. The van der Waals surface area contributed by atoms with E-state index in [4.69, 9.17) is 0 Å². The maximum absolute atomic E-state index is 4.35. The summed E-state index contributed by atoms with van der Waals surface area (Å²) in [7, 11) is 4.20. The highest BCUT2D eigenvalue weighted by atomic mass is 15.1. The van der Waals surface area contributed by atoms with Crippen LogP contribution >= 0.6 is 0 Å². The van der Waals surface area contributed by atoms with Gasteiger partial charge in [-0.25, -0.2) is 4.98 Å². The van der Waals surface area contributed by atoms with Gasteiger partial charge in [-0.3, -0.25) is 0 Å². The van der Waals surface area contributed by atoms with Crippen molar-refractivity contribution in [2.75, 3.05) is 44.4 Å². The van der Waals surface area contributed by atoms with E-state index < -0.39 is 0 Å². The lowest BCUT2D eigenvalue weighted by atomic mass is 10.3. The van der Waals surface area contributed by atoms with Gasteiger partial charge >= 0.3 is 0 Å². The normalized spacial score (nSPS) is 10.6. The van der Waals surface area contributed by atoms with Crippen molar-refractivity contribution >= 4 is 11.8 Å². The van der Waals surface area contributed by atoms with Crippen molar-refractivity contribution in [2.24, 2.45) is 0 Å². The Kier molecular flexibility index (Phi) is 6.32. The molecule has 0 spiro atoms. The summed E-state index contributed by atoms with van der Waals surface area (Å²) in [6.07, 6.45) is 4.12. The second-order valence-electron chi connectivity index (χ2n) is 4.23. The third-order valence-corrected chi connectivity index (χ3v) is 2.33. The van der Waals surface area contributed by atoms with Gasteiger partial charge in [0.2, 0.25) is 5.95 Å². The van der Waals surface area contributed by atoms with Gasteiger partial charge in [0.15, 0.2) is 0 Å². The van der Waals surface area contributed by atoms with Gasteiger partial charge in [0.25, 0.3) is 0 Å². The van der Waals surface area contributed by atoms with Crippen LogP contribution in [0.15, 0.2) is 12.3 Å². The van der Waals surface area contributed by atoms with E-state index in [1.54, 1.807) is 6.20 Å². The standard InChI is InChI=1S/C12H23N5/c1-4-13-12-15-9-7-11(16-12)14-8-5-6-10-17(2)3/h7,9H,4-6,8,10H2,1-3H3,(H2,13,14,15,16). The number of nitrogens with zero attached hydrogens (tertiary/aromatic N) is 3. The molecule has 0 aliphatic rings. The quantitative estimate of drug-likeness (QED) is 0.674. The molecule has 0 radical (unpaired) electrons. The van der Waals surface area contributed by atoms with E-state index in [1.807, 2.05) is 13.0 Å². The number of anilines is 2. The number of hydrogen-bond donors (Lipinski definition) is 2. The van der Waals surface area contributed by atoms with Crippen LogP contribution in [0.2, 0.25) is 0 Å². The van der Waals surface area contributed by atoms with Gasteiger partial charge in [0.05, 0.1) is 0 Å². The van der Waals surface area contributed by atoms with Crippen molar-refractivity contribution in [3.05, 3.63) is 12.3 Å². The van der Waals surface area contributed by atoms with Crippen LogP contribution in [0.4, 0.5) is 11.8 Å².